The number of carbonyl (C=O) groups excluding carboxylic acids is 1. The molecule has 1 N–H and O–H groups in total. The van der Waals surface area contributed by atoms with Gasteiger partial charge in [0.15, 0.2) is 0 Å². The Morgan fingerprint density at radius 2 is 1.93 bits per heavy atom. The first-order valence-electron chi connectivity index (χ1n) is 4.19. The molecule has 1 rings (SSSR count). The van der Waals surface area contributed by atoms with Gasteiger partial charge in [-0.1, -0.05) is 62.2 Å². The lowest BCUT2D eigenvalue weighted by Crippen LogP contribution is -2.33. The van der Waals surface area contributed by atoms with Crippen LogP contribution >= 0.6 is 31.9 Å². The number of hydrogen-bond acceptors (Lipinski definition) is 3. The van der Waals surface area contributed by atoms with Gasteiger partial charge in [0.05, 0.1) is 7.11 Å². The van der Waals surface area contributed by atoms with Gasteiger partial charge < -0.3 is 9.84 Å². The van der Waals surface area contributed by atoms with Gasteiger partial charge in [0.1, 0.15) is 6.10 Å². The molecule has 1 unspecified atom stereocenters. The van der Waals surface area contributed by atoms with Crippen molar-refractivity contribution >= 4 is 37.8 Å². The monoisotopic (exact) mass is 336 g/mol. The van der Waals surface area contributed by atoms with Crippen LogP contribution in [-0.4, -0.2) is 21.4 Å². The quantitative estimate of drug-likeness (QED) is 0.680. The zero-order valence-corrected chi connectivity index (χ0v) is 11.2. The van der Waals surface area contributed by atoms with Crippen LogP contribution in [0.1, 0.15) is 11.7 Å². The second-order valence-electron chi connectivity index (χ2n) is 2.93. The number of benzene rings is 1. The van der Waals surface area contributed by atoms with Crippen LogP contribution in [-0.2, 0) is 9.53 Å². The fourth-order valence-electron chi connectivity index (χ4n) is 1.09. The third-order valence-corrected chi connectivity index (χ3v) is 3.43. The fraction of sp³-hybridized carbons (Fsp3) is 0.300. The van der Waals surface area contributed by atoms with Crippen LogP contribution in [0.4, 0.5) is 0 Å². The first-order chi connectivity index (χ1) is 7.00. The molecule has 0 heterocycles. The van der Waals surface area contributed by atoms with Crippen LogP contribution in [0, 0.1) is 0 Å². The largest absolute Gasteiger partial charge is 0.467 e. The molecule has 1 atom stereocenters. The molecule has 0 amide bonds. The third-order valence-electron chi connectivity index (χ3n) is 1.92. The van der Waals surface area contributed by atoms with E-state index < -0.39 is 15.3 Å². The summed E-state index contributed by atoms with van der Waals surface area (Å²) in [7, 11) is 1.26. The molecule has 0 saturated heterocycles. The molecule has 82 valence electrons. The second-order valence-corrected chi connectivity index (χ2v) is 6.49. The summed E-state index contributed by atoms with van der Waals surface area (Å²) in [5.41, 5.74) is 0.622. The molecule has 15 heavy (non-hydrogen) atoms. The average molecular weight is 338 g/mol. The van der Waals surface area contributed by atoms with Crippen molar-refractivity contribution in [3.05, 3.63) is 35.9 Å². The molecule has 3 nitrogen and oxygen atoms in total. The average Bonchev–Trinajstić information content (AvgIpc) is 2.28. The molecule has 0 bridgehead atoms. The Morgan fingerprint density at radius 1 is 1.40 bits per heavy atom. The Balaban J connectivity index is 2.94. The van der Waals surface area contributed by atoms with Crippen molar-refractivity contribution in [3.63, 3.8) is 0 Å². The van der Waals surface area contributed by atoms with Crippen molar-refractivity contribution in [1.82, 2.24) is 0 Å². The molecule has 5 heteroatoms. The van der Waals surface area contributed by atoms with E-state index in [-0.39, 0.29) is 0 Å². The van der Waals surface area contributed by atoms with Crippen molar-refractivity contribution < 1.29 is 14.6 Å². The number of alkyl halides is 2. The molecule has 0 aliphatic rings. The topological polar surface area (TPSA) is 46.5 Å². The van der Waals surface area contributed by atoms with Gasteiger partial charge in [-0.15, -0.1) is 0 Å². The molecular weight excluding hydrogens is 328 g/mol. The van der Waals surface area contributed by atoms with E-state index in [1.165, 1.54) is 7.11 Å². The third kappa shape index (κ3) is 2.80. The Labute approximate surface area is 105 Å². The summed E-state index contributed by atoms with van der Waals surface area (Å²) in [6, 6.07) is 8.85. The summed E-state index contributed by atoms with van der Waals surface area (Å²) in [5.74, 6) is -0.584. The van der Waals surface area contributed by atoms with E-state index in [4.69, 9.17) is 0 Å². The van der Waals surface area contributed by atoms with Crippen molar-refractivity contribution in [2.24, 2.45) is 0 Å². The Hall–Kier alpha value is -0.390. The summed E-state index contributed by atoms with van der Waals surface area (Å²) in [6.45, 7) is 0. The summed E-state index contributed by atoms with van der Waals surface area (Å²) in [4.78, 5) is 11.4. The normalized spacial score (nSPS) is 13.3. The smallest absolute Gasteiger partial charge is 0.336 e. The zero-order valence-electron chi connectivity index (χ0n) is 7.98. The molecule has 1 aromatic rings. The fourth-order valence-corrected chi connectivity index (χ4v) is 1.94. The van der Waals surface area contributed by atoms with Gasteiger partial charge in [0.25, 0.3) is 0 Å². The number of methoxy groups -OCH3 is 1. The van der Waals surface area contributed by atoms with E-state index in [2.05, 4.69) is 36.6 Å². The van der Waals surface area contributed by atoms with Crippen LogP contribution in [0.15, 0.2) is 30.3 Å². The molecular formula is C10H10Br2O3. The highest BCUT2D eigenvalue weighted by molar-refractivity contribution is 9.26. The Morgan fingerprint density at radius 3 is 2.40 bits per heavy atom. The van der Waals surface area contributed by atoms with Crippen molar-refractivity contribution in [2.45, 2.75) is 9.34 Å². The van der Waals surface area contributed by atoms with Crippen LogP contribution < -0.4 is 0 Å². The van der Waals surface area contributed by atoms with Gasteiger partial charge in [-0.3, -0.25) is 0 Å². The summed E-state index contributed by atoms with van der Waals surface area (Å²) in [6.07, 6.45) is -1.02. The lowest BCUT2D eigenvalue weighted by Gasteiger charge is -2.23. The molecule has 1 aromatic carbocycles. The van der Waals surface area contributed by atoms with Crippen molar-refractivity contribution in [2.75, 3.05) is 7.11 Å². The number of aliphatic hydroxyl groups excluding tert-OH is 1. The second kappa shape index (κ2) is 5.09. The van der Waals surface area contributed by atoms with E-state index in [1.54, 1.807) is 24.3 Å². The van der Waals surface area contributed by atoms with Gasteiger partial charge in [-0.2, -0.15) is 0 Å². The molecule has 0 aliphatic heterocycles. The number of carbonyl (C=O) groups is 1. The lowest BCUT2D eigenvalue weighted by molar-refractivity contribution is -0.142. The van der Waals surface area contributed by atoms with Gasteiger partial charge >= 0.3 is 5.97 Å². The Kier molecular flexibility index (Phi) is 4.31. The van der Waals surface area contributed by atoms with E-state index in [9.17, 15) is 9.90 Å². The molecule has 0 radical (unpaired) electrons. The Bertz CT molecular complexity index is 338. The van der Waals surface area contributed by atoms with Crippen LogP contribution in [0.2, 0.25) is 0 Å². The highest BCUT2D eigenvalue weighted by Gasteiger charge is 2.42. The highest BCUT2D eigenvalue weighted by Crippen LogP contribution is 2.40. The van der Waals surface area contributed by atoms with E-state index in [0.717, 1.165) is 0 Å². The maximum Gasteiger partial charge on any atom is 0.336 e. The minimum atomic E-state index is -1.31. The lowest BCUT2D eigenvalue weighted by atomic mass is 10.1. The highest BCUT2D eigenvalue weighted by atomic mass is 79.9. The molecule has 0 aromatic heterocycles. The number of aliphatic hydroxyl groups is 1. The van der Waals surface area contributed by atoms with Gasteiger partial charge in [0.2, 0.25) is 3.23 Å². The standard InChI is InChI=1S/C10H10Br2O3/c1-15-9(14)10(11,12)8(13)7-5-3-2-4-6-7/h2-6,8,13H,1H3. The number of ether oxygens (including phenoxy) is 1. The SMILES string of the molecule is COC(=O)C(Br)(Br)C(O)c1ccccc1. The molecule has 0 aliphatic carbocycles. The van der Waals surface area contributed by atoms with Gasteiger partial charge in [-0.25, -0.2) is 4.79 Å². The number of halogens is 2. The molecule has 0 fully saturated rings. The summed E-state index contributed by atoms with van der Waals surface area (Å²) >= 11 is 6.20. The molecule has 0 spiro atoms. The summed E-state index contributed by atoms with van der Waals surface area (Å²) < 4.78 is 3.26. The predicted molar refractivity (Wildman–Crippen MR) is 64.0 cm³/mol. The minimum Gasteiger partial charge on any atom is -0.467 e. The summed E-state index contributed by atoms with van der Waals surface area (Å²) in [5, 5.41) is 9.96. The van der Waals surface area contributed by atoms with Crippen LogP contribution in [0.25, 0.3) is 0 Å². The predicted octanol–water partition coefficient (Wildman–Crippen LogP) is 2.38. The van der Waals surface area contributed by atoms with Gasteiger partial charge in [0, 0.05) is 0 Å². The van der Waals surface area contributed by atoms with Crippen LogP contribution in [0.3, 0.4) is 0 Å². The van der Waals surface area contributed by atoms with Crippen LogP contribution in [0.5, 0.6) is 0 Å². The van der Waals surface area contributed by atoms with E-state index in [0.29, 0.717) is 5.56 Å². The van der Waals surface area contributed by atoms with Gasteiger partial charge in [-0.05, 0) is 5.56 Å². The number of hydrogen-bond donors (Lipinski definition) is 1. The van der Waals surface area contributed by atoms with E-state index in [1.807, 2.05) is 6.07 Å². The first kappa shape index (κ1) is 12.7. The zero-order chi connectivity index (χ0) is 11.5. The van der Waals surface area contributed by atoms with E-state index >= 15 is 0 Å². The first-order valence-corrected chi connectivity index (χ1v) is 5.78. The molecule has 0 saturated carbocycles. The minimum absolute atomic E-state index is 0.584. The van der Waals surface area contributed by atoms with Crippen molar-refractivity contribution in [1.29, 1.82) is 0 Å². The maximum atomic E-state index is 11.4. The number of rotatable bonds is 3. The van der Waals surface area contributed by atoms with Crippen molar-refractivity contribution in [3.8, 4) is 0 Å². The maximum absolute atomic E-state index is 11.4. The number of esters is 1.